The van der Waals surface area contributed by atoms with Crippen LogP contribution in [-0.4, -0.2) is 11.6 Å². The van der Waals surface area contributed by atoms with E-state index in [4.69, 9.17) is 0 Å². The van der Waals surface area contributed by atoms with Crippen LogP contribution in [0.3, 0.4) is 0 Å². The fourth-order valence-electron chi connectivity index (χ4n) is 8.13. The summed E-state index contributed by atoms with van der Waals surface area (Å²) in [7, 11) is 0. The monoisotopic (exact) mass is 338 g/mol. The van der Waals surface area contributed by atoms with Gasteiger partial charge >= 0.3 is 0 Å². The minimum absolute atomic E-state index is 0.0119. The maximum Gasteiger partial charge on any atom is 0.178 e. The van der Waals surface area contributed by atoms with E-state index in [1.807, 2.05) is 6.08 Å². The third-order valence-electron chi connectivity index (χ3n) is 9.46. The molecule has 0 aliphatic heterocycles. The number of fused-ring (bicyclic) bond motifs is 6. The quantitative estimate of drug-likeness (QED) is 0.620. The van der Waals surface area contributed by atoms with Gasteiger partial charge in [0.25, 0.3) is 0 Å². The smallest absolute Gasteiger partial charge is 0.178 e. The summed E-state index contributed by atoms with van der Waals surface area (Å²) in [4.78, 5) is 24.7. The van der Waals surface area contributed by atoms with E-state index in [1.165, 1.54) is 31.3 Å². The molecule has 0 bridgehead atoms. The molecule has 5 aliphatic carbocycles. The summed E-state index contributed by atoms with van der Waals surface area (Å²) in [6, 6.07) is 0. The first-order chi connectivity index (χ1) is 11.9. The summed E-state index contributed by atoms with van der Waals surface area (Å²) in [6.45, 7) is 4.84. The number of ketones is 2. The van der Waals surface area contributed by atoms with Crippen molar-refractivity contribution in [3.8, 4) is 0 Å². The Morgan fingerprint density at radius 2 is 1.76 bits per heavy atom. The van der Waals surface area contributed by atoms with E-state index in [0.717, 1.165) is 38.0 Å². The molecule has 5 rings (SSSR count). The molecular formula is C23H30O2. The van der Waals surface area contributed by atoms with Crippen molar-refractivity contribution in [3.05, 3.63) is 23.8 Å². The van der Waals surface area contributed by atoms with Crippen molar-refractivity contribution in [2.24, 2.45) is 34.0 Å². The molecule has 2 nitrogen and oxygen atoms in total. The molecule has 0 radical (unpaired) electrons. The van der Waals surface area contributed by atoms with Crippen molar-refractivity contribution in [2.45, 2.75) is 71.6 Å². The molecule has 2 heteroatoms. The average molecular weight is 338 g/mol. The summed E-state index contributed by atoms with van der Waals surface area (Å²) >= 11 is 0. The van der Waals surface area contributed by atoms with Gasteiger partial charge in [0.1, 0.15) is 5.78 Å². The first-order valence-corrected chi connectivity index (χ1v) is 10.4. The second-order valence-electron chi connectivity index (χ2n) is 9.96. The number of carbonyl (C=O) groups is 2. The fraction of sp³-hybridized carbons (Fsp3) is 0.739. The van der Waals surface area contributed by atoms with Crippen LogP contribution in [-0.2, 0) is 9.59 Å². The normalized spacial score (nSPS) is 51.3. The van der Waals surface area contributed by atoms with Crippen LogP contribution in [0.15, 0.2) is 23.8 Å². The van der Waals surface area contributed by atoms with Crippen LogP contribution in [0.2, 0.25) is 0 Å². The number of Topliss-reactive ketones (excluding diaryl/α,β-unsaturated/α-hetero) is 1. The van der Waals surface area contributed by atoms with Gasteiger partial charge in [0.05, 0.1) is 0 Å². The standard InChI is InChI=1S/C23H30O2/c1-21-11-7-16(24)14-15(21)5-6-17-18(21)8-12-22(2)19(17)9-13-23(22)10-3-4-20(23)25/h7,11,14,17-19H,3-6,8-10,12-13H2,1-2H3/t17?,18-,19?,21+,22?,23?/m0/s1. The highest BCUT2D eigenvalue weighted by atomic mass is 16.1. The third-order valence-corrected chi connectivity index (χ3v) is 9.46. The lowest BCUT2D eigenvalue weighted by atomic mass is 9.45. The minimum atomic E-state index is 0.0119. The lowest BCUT2D eigenvalue weighted by Crippen LogP contribution is -2.52. The van der Waals surface area contributed by atoms with Crippen molar-refractivity contribution < 1.29 is 9.59 Å². The Kier molecular flexibility index (Phi) is 3.18. The molecule has 1 spiro atoms. The molecule has 0 aromatic heterocycles. The first kappa shape index (κ1) is 16.0. The van der Waals surface area contributed by atoms with Crippen molar-refractivity contribution in [2.75, 3.05) is 0 Å². The number of hydrogen-bond donors (Lipinski definition) is 0. The Morgan fingerprint density at radius 1 is 0.960 bits per heavy atom. The van der Waals surface area contributed by atoms with Crippen LogP contribution in [0, 0.1) is 34.0 Å². The van der Waals surface area contributed by atoms with E-state index < -0.39 is 0 Å². The van der Waals surface area contributed by atoms with E-state index in [2.05, 4.69) is 19.9 Å². The molecule has 25 heavy (non-hydrogen) atoms. The van der Waals surface area contributed by atoms with Gasteiger partial charge in [0.15, 0.2) is 5.78 Å². The highest BCUT2D eigenvalue weighted by molar-refractivity contribution is 6.01. The summed E-state index contributed by atoms with van der Waals surface area (Å²) in [5, 5.41) is 0. The van der Waals surface area contributed by atoms with Gasteiger partial charge in [0, 0.05) is 17.3 Å². The Labute approximate surface area is 151 Å². The highest BCUT2D eigenvalue weighted by Crippen LogP contribution is 2.71. The van der Waals surface area contributed by atoms with Crippen LogP contribution in [0.25, 0.3) is 0 Å². The molecule has 5 aliphatic rings. The zero-order chi connectivity index (χ0) is 17.4. The first-order valence-electron chi connectivity index (χ1n) is 10.4. The molecule has 4 saturated carbocycles. The topological polar surface area (TPSA) is 34.1 Å². The second kappa shape index (κ2) is 4.96. The average Bonchev–Trinajstić information content (AvgIpc) is 3.10. The van der Waals surface area contributed by atoms with Crippen LogP contribution in [0.5, 0.6) is 0 Å². The third kappa shape index (κ3) is 1.82. The molecule has 0 amide bonds. The van der Waals surface area contributed by atoms with Gasteiger partial charge < -0.3 is 0 Å². The van der Waals surface area contributed by atoms with Crippen LogP contribution < -0.4 is 0 Å². The van der Waals surface area contributed by atoms with Gasteiger partial charge in [-0.15, -0.1) is 0 Å². The Balaban J connectivity index is 1.52. The van der Waals surface area contributed by atoms with Crippen molar-refractivity contribution in [3.63, 3.8) is 0 Å². The number of rotatable bonds is 0. The molecule has 134 valence electrons. The van der Waals surface area contributed by atoms with Gasteiger partial charge in [-0.3, -0.25) is 9.59 Å². The molecule has 6 atom stereocenters. The van der Waals surface area contributed by atoms with E-state index in [1.54, 1.807) is 6.08 Å². The van der Waals surface area contributed by atoms with E-state index in [-0.39, 0.29) is 22.0 Å². The summed E-state index contributed by atoms with van der Waals surface area (Å²) in [5.41, 5.74) is 1.69. The van der Waals surface area contributed by atoms with E-state index >= 15 is 0 Å². The lowest BCUT2D eigenvalue weighted by Gasteiger charge is -2.58. The van der Waals surface area contributed by atoms with Gasteiger partial charge in [0.2, 0.25) is 0 Å². The lowest BCUT2D eigenvalue weighted by molar-refractivity contribution is -0.137. The summed E-state index contributed by atoms with van der Waals surface area (Å²) in [5.74, 6) is 2.84. The minimum Gasteiger partial charge on any atom is -0.299 e. The molecule has 0 saturated heterocycles. The maximum atomic E-state index is 12.9. The number of carbonyl (C=O) groups excluding carboxylic acids is 2. The molecule has 0 aromatic rings. The van der Waals surface area contributed by atoms with Crippen molar-refractivity contribution in [1.29, 1.82) is 0 Å². The van der Waals surface area contributed by atoms with Crippen molar-refractivity contribution in [1.82, 2.24) is 0 Å². The van der Waals surface area contributed by atoms with E-state index in [0.29, 0.717) is 17.6 Å². The molecule has 0 N–H and O–H groups in total. The van der Waals surface area contributed by atoms with Gasteiger partial charge in [-0.25, -0.2) is 0 Å². The van der Waals surface area contributed by atoms with Crippen LogP contribution in [0.1, 0.15) is 71.6 Å². The highest BCUT2D eigenvalue weighted by Gasteiger charge is 2.66. The zero-order valence-electron chi connectivity index (χ0n) is 15.6. The summed E-state index contributed by atoms with van der Waals surface area (Å²) in [6.07, 6.45) is 16.1. The molecule has 0 aromatic carbocycles. The molecule has 4 unspecified atom stereocenters. The van der Waals surface area contributed by atoms with Gasteiger partial charge in [-0.05, 0) is 86.7 Å². The molecule has 0 heterocycles. The van der Waals surface area contributed by atoms with E-state index in [9.17, 15) is 9.59 Å². The number of hydrogen-bond acceptors (Lipinski definition) is 2. The number of allylic oxidation sites excluding steroid dienone is 4. The molecular weight excluding hydrogens is 308 g/mol. The Bertz CT molecular complexity index is 716. The predicted molar refractivity (Wildman–Crippen MR) is 97.9 cm³/mol. The largest absolute Gasteiger partial charge is 0.299 e. The molecule has 4 fully saturated rings. The van der Waals surface area contributed by atoms with Gasteiger partial charge in [-0.1, -0.05) is 25.5 Å². The fourth-order valence-corrected chi connectivity index (χ4v) is 8.13. The Morgan fingerprint density at radius 3 is 2.52 bits per heavy atom. The SMILES string of the molecule is CC12CC[C@H]3C(CCC4=CC(=O)C=C[C@]43C)C1CCC21CCCC1=O. The zero-order valence-corrected chi connectivity index (χ0v) is 15.6. The van der Waals surface area contributed by atoms with Crippen LogP contribution in [0.4, 0.5) is 0 Å². The predicted octanol–water partition coefficient (Wildman–Crippen LogP) is 5.03. The maximum absolute atomic E-state index is 12.9. The second-order valence-corrected chi connectivity index (χ2v) is 9.96. The Hall–Kier alpha value is -1.18. The van der Waals surface area contributed by atoms with Gasteiger partial charge in [-0.2, -0.15) is 0 Å². The summed E-state index contributed by atoms with van der Waals surface area (Å²) < 4.78 is 0. The van der Waals surface area contributed by atoms with Crippen LogP contribution >= 0.6 is 0 Å². The van der Waals surface area contributed by atoms with Crippen molar-refractivity contribution >= 4 is 11.6 Å².